The molecule has 0 saturated carbocycles. The Morgan fingerprint density at radius 3 is 1.55 bits per heavy atom. The van der Waals surface area contributed by atoms with Crippen LogP contribution in [0.5, 0.6) is 0 Å². The topological polar surface area (TPSA) is 53.5 Å². The highest BCUT2D eigenvalue weighted by Gasteiger charge is 2.37. The second-order valence-corrected chi connectivity index (χ2v) is 9.26. The normalized spacial score (nSPS) is 16.6. The second-order valence-electron chi connectivity index (χ2n) is 9.26. The third-order valence-electron chi connectivity index (χ3n) is 6.65. The molecule has 198 valence electrons. The van der Waals surface area contributed by atoms with E-state index in [4.69, 9.17) is 0 Å². The van der Waals surface area contributed by atoms with E-state index in [0.29, 0.717) is 73.5 Å². The maximum atomic E-state index is 13.3. The number of benzene rings is 2. The number of aromatic nitrogens is 1. The van der Waals surface area contributed by atoms with Gasteiger partial charge in [0.05, 0.1) is 16.8 Å². The van der Waals surface area contributed by atoms with Gasteiger partial charge in [0.15, 0.2) is 0 Å². The molecule has 5 nitrogen and oxygen atoms in total. The molecule has 2 aliphatic heterocycles. The van der Waals surface area contributed by atoms with Gasteiger partial charge in [0.1, 0.15) is 0 Å². The van der Waals surface area contributed by atoms with Crippen molar-refractivity contribution < 1.29 is 35.9 Å². The van der Waals surface area contributed by atoms with E-state index >= 15 is 0 Å². The van der Waals surface area contributed by atoms with Crippen LogP contribution in [-0.4, -0.2) is 29.9 Å². The van der Waals surface area contributed by atoms with Gasteiger partial charge in [0, 0.05) is 54.6 Å². The Morgan fingerprint density at radius 1 is 0.632 bits per heavy atom. The van der Waals surface area contributed by atoms with Crippen molar-refractivity contribution in [3.05, 3.63) is 65.9 Å². The monoisotopic (exact) mass is 533 g/mol. The molecular formula is C27H21F6N3O2. The van der Waals surface area contributed by atoms with Crippen LogP contribution in [0.25, 0.3) is 22.4 Å². The highest BCUT2D eigenvalue weighted by atomic mass is 19.4. The molecule has 0 N–H and O–H groups in total. The van der Waals surface area contributed by atoms with Crippen LogP contribution >= 0.6 is 0 Å². The standard InChI is InChI=1S/C27H21F6N3O2/c28-26(29,30)19-9-17(10-20(13-19)27(31,32)33)16-5-6-23(34-15-16)18-11-21(35-7-1-3-24(35)37)14-22(12-18)36-8-2-4-25(36)38/h5-6,9-15H,1-4,7-8H2. The third kappa shape index (κ3) is 5.09. The van der Waals surface area contributed by atoms with Crippen LogP contribution in [0.2, 0.25) is 0 Å². The van der Waals surface area contributed by atoms with Gasteiger partial charge in [-0.3, -0.25) is 14.6 Å². The lowest BCUT2D eigenvalue weighted by molar-refractivity contribution is -0.143. The van der Waals surface area contributed by atoms with Crippen molar-refractivity contribution in [2.75, 3.05) is 22.9 Å². The molecule has 2 aliphatic rings. The number of hydrogen-bond acceptors (Lipinski definition) is 3. The first-order chi connectivity index (χ1) is 17.9. The highest BCUT2D eigenvalue weighted by Crippen LogP contribution is 2.39. The smallest absolute Gasteiger partial charge is 0.312 e. The maximum absolute atomic E-state index is 13.3. The Balaban J connectivity index is 1.55. The van der Waals surface area contributed by atoms with E-state index in [2.05, 4.69) is 4.98 Å². The van der Waals surface area contributed by atoms with Crippen molar-refractivity contribution >= 4 is 23.2 Å². The summed E-state index contributed by atoms with van der Waals surface area (Å²) in [5.74, 6) is -0.0941. The number of carbonyl (C=O) groups excluding carboxylic acids is 2. The van der Waals surface area contributed by atoms with Gasteiger partial charge < -0.3 is 9.80 Å². The first-order valence-corrected chi connectivity index (χ1v) is 11.9. The summed E-state index contributed by atoms with van der Waals surface area (Å²) in [6.07, 6.45) is -6.49. The molecule has 0 radical (unpaired) electrons. The number of alkyl halides is 6. The Hall–Kier alpha value is -3.89. The molecule has 0 bridgehead atoms. The van der Waals surface area contributed by atoms with Crippen LogP contribution in [0, 0.1) is 0 Å². The first kappa shape index (κ1) is 25.7. The Kier molecular flexibility index (Phi) is 6.40. The predicted molar refractivity (Wildman–Crippen MR) is 128 cm³/mol. The molecule has 2 aromatic carbocycles. The summed E-state index contributed by atoms with van der Waals surface area (Å²) in [6.45, 7) is 1.05. The zero-order valence-electron chi connectivity index (χ0n) is 19.9. The summed E-state index contributed by atoms with van der Waals surface area (Å²) < 4.78 is 79.7. The summed E-state index contributed by atoms with van der Waals surface area (Å²) in [5.41, 5.74) is -0.876. The minimum Gasteiger partial charge on any atom is -0.312 e. The van der Waals surface area contributed by atoms with E-state index < -0.39 is 23.5 Å². The Morgan fingerprint density at radius 2 is 1.16 bits per heavy atom. The molecule has 2 amide bonds. The van der Waals surface area contributed by atoms with E-state index in [0.717, 1.165) is 0 Å². The molecule has 3 aromatic rings. The minimum atomic E-state index is -4.96. The number of halogens is 6. The van der Waals surface area contributed by atoms with Gasteiger partial charge in [0.25, 0.3) is 0 Å². The number of rotatable bonds is 4. The lowest BCUT2D eigenvalue weighted by Crippen LogP contribution is -2.26. The molecule has 0 spiro atoms. The molecule has 3 heterocycles. The summed E-state index contributed by atoms with van der Waals surface area (Å²) in [5, 5.41) is 0. The van der Waals surface area contributed by atoms with Crippen molar-refractivity contribution in [1.82, 2.24) is 4.98 Å². The fraction of sp³-hybridized carbons (Fsp3) is 0.296. The van der Waals surface area contributed by atoms with Crippen LogP contribution in [0.1, 0.15) is 36.8 Å². The zero-order valence-corrected chi connectivity index (χ0v) is 19.9. The van der Waals surface area contributed by atoms with Gasteiger partial charge in [-0.1, -0.05) is 6.07 Å². The predicted octanol–water partition coefficient (Wildman–Crippen LogP) is 6.71. The Bertz CT molecular complexity index is 1320. The van der Waals surface area contributed by atoms with Crippen LogP contribution in [-0.2, 0) is 21.9 Å². The molecule has 11 heteroatoms. The van der Waals surface area contributed by atoms with Crippen molar-refractivity contribution in [3.63, 3.8) is 0 Å². The molecule has 38 heavy (non-hydrogen) atoms. The van der Waals surface area contributed by atoms with Crippen molar-refractivity contribution in [3.8, 4) is 22.4 Å². The summed E-state index contributed by atoms with van der Waals surface area (Å²) in [7, 11) is 0. The van der Waals surface area contributed by atoms with Gasteiger partial charge in [-0.15, -0.1) is 0 Å². The molecule has 2 saturated heterocycles. The number of amides is 2. The van der Waals surface area contributed by atoms with Gasteiger partial charge in [-0.25, -0.2) is 0 Å². The quantitative estimate of drug-likeness (QED) is 0.351. The number of pyridine rings is 1. The Labute approximate surface area is 213 Å². The van der Waals surface area contributed by atoms with Crippen LogP contribution in [0.15, 0.2) is 54.7 Å². The third-order valence-corrected chi connectivity index (χ3v) is 6.65. The minimum absolute atomic E-state index is 0.0471. The van der Waals surface area contributed by atoms with E-state index in [9.17, 15) is 35.9 Å². The van der Waals surface area contributed by atoms with Crippen molar-refractivity contribution in [2.24, 2.45) is 0 Å². The lowest BCUT2D eigenvalue weighted by atomic mass is 9.99. The molecule has 0 unspecified atom stereocenters. The molecule has 5 rings (SSSR count). The fourth-order valence-corrected chi connectivity index (χ4v) is 4.75. The summed E-state index contributed by atoms with van der Waals surface area (Å²) in [4.78, 5) is 32.3. The number of nitrogens with zero attached hydrogens (tertiary/aromatic N) is 3. The molecule has 0 atom stereocenters. The van der Waals surface area contributed by atoms with E-state index in [1.165, 1.54) is 18.3 Å². The van der Waals surface area contributed by atoms with E-state index in [1.54, 1.807) is 28.0 Å². The average molecular weight is 533 g/mol. The van der Waals surface area contributed by atoms with Crippen LogP contribution in [0.4, 0.5) is 37.7 Å². The largest absolute Gasteiger partial charge is 0.416 e. The van der Waals surface area contributed by atoms with Crippen molar-refractivity contribution in [2.45, 2.75) is 38.0 Å². The zero-order chi connectivity index (χ0) is 27.2. The van der Waals surface area contributed by atoms with Crippen molar-refractivity contribution in [1.29, 1.82) is 0 Å². The van der Waals surface area contributed by atoms with Crippen LogP contribution < -0.4 is 9.80 Å². The van der Waals surface area contributed by atoms with Gasteiger partial charge in [0.2, 0.25) is 11.8 Å². The lowest BCUT2D eigenvalue weighted by Gasteiger charge is -2.22. The maximum Gasteiger partial charge on any atom is 0.416 e. The average Bonchev–Trinajstić information content (AvgIpc) is 3.50. The van der Waals surface area contributed by atoms with Gasteiger partial charge >= 0.3 is 12.4 Å². The fourth-order valence-electron chi connectivity index (χ4n) is 4.75. The van der Waals surface area contributed by atoms with E-state index in [1.807, 2.05) is 0 Å². The number of carbonyl (C=O) groups is 2. The first-order valence-electron chi connectivity index (χ1n) is 11.9. The SMILES string of the molecule is O=C1CCCN1c1cc(-c2ccc(-c3cc(C(F)(F)F)cc(C(F)(F)F)c3)cn2)cc(N2CCCC2=O)c1. The van der Waals surface area contributed by atoms with E-state index in [-0.39, 0.29) is 29.0 Å². The second kappa shape index (κ2) is 9.45. The summed E-state index contributed by atoms with van der Waals surface area (Å²) >= 11 is 0. The molecule has 0 aliphatic carbocycles. The molecule has 1 aromatic heterocycles. The number of anilines is 2. The van der Waals surface area contributed by atoms with Crippen LogP contribution in [0.3, 0.4) is 0 Å². The highest BCUT2D eigenvalue weighted by molar-refractivity contribution is 5.99. The molecule has 2 fully saturated rings. The summed E-state index contributed by atoms with van der Waals surface area (Å²) in [6, 6.07) is 9.52. The molecular weight excluding hydrogens is 512 g/mol. The van der Waals surface area contributed by atoms with Gasteiger partial charge in [-0.05, 0) is 60.9 Å². The van der Waals surface area contributed by atoms with Gasteiger partial charge in [-0.2, -0.15) is 26.3 Å². The number of hydrogen-bond donors (Lipinski definition) is 0.